The van der Waals surface area contributed by atoms with Crippen molar-refractivity contribution in [1.82, 2.24) is 19.6 Å². The van der Waals surface area contributed by atoms with Gasteiger partial charge in [0, 0.05) is 17.8 Å². The van der Waals surface area contributed by atoms with Crippen LogP contribution in [-0.2, 0) is 13.1 Å². The highest BCUT2D eigenvalue weighted by molar-refractivity contribution is 7.80. The Morgan fingerprint density at radius 2 is 1.78 bits per heavy atom. The minimum atomic E-state index is -0.276. The number of aryl methyl sites for hydroxylation is 1. The second kappa shape index (κ2) is 9.27. The van der Waals surface area contributed by atoms with Crippen LogP contribution in [0.15, 0.2) is 60.8 Å². The number of hydrogen-bond acceptors (Lipinski definition) is 3. The van der Waals surface area contributed by atoms with Crippen molar-refractivity contribution < 1.29 is 8.78 Å². The zero-order valence-corrected chi connectivity index (χ0v) is 18.5. The Labute approximate surface area is 189 Å². The second-order valence-electron chi connectivity index (χ2n) is 7.40. The number of thiocarbonyl (C=S) groups is 1. The molecule has 2 aromatic carbocycles. The molecule has 2 aromatic heterocycles. The Bertz CT molecular complexity index is 1260. The van der Waals surface area contributed by atoms with Gasteiger partial charge in [0.25, 0.3) is 0 Å². The van der Waals surface area contributed by atoms with Gasteiger partial charge in [-0.1, -0.05) is 30.3 Å². The summed E-state index contributed by atoms with van der Waals surface area (Å²) in [5.74, 6) is -0.000560. The lowest BCUT2D eigenvalue weighted by atomic mass is 10.2. The van der Waals surface area contributed by atoms with Crippen molar-refractivity contribution in [3.8, 4) is 0 Å². The number of rotatable bonds is 6. The van der Waals surface area contributed by atoms with E-state index in [2.05, 4.69) is 20.8 Å². The number of hydrogen-bond donors (Lipinski definition) is 2. The Morgan fingerprint density at radius 1 is 0.969 bits per heavy atom. The fourth-order valence-corrected chi connectivity index (χ4v) is 3.63. The van der Waals surface area contributed by atoms with E-state index in [0.29, 0.717) is 29.6 Å². The van der Waals surface area contributed by atoms with Crippen molar-refractivity contribution in [2.45, 2.75) is 26.9 Å². The van der Waals surface area contributed by atoms with Crippen LogP contribution >= 0.6 is 12.2 Å². The molecule has 0 saturated carbocycles. The molecule has 4 aromatic rings. The maximum absolute atomic E-state index is 13.9. The lowest BCUT2D eigenvalue weighted by Crippen LogP contribution is -2.20. The monoisotopic (exact) mass is 452 g/mol. The van der Waals surface area contributed by atoms with E-state index in [0.717, 1.165) is 22.6 Å². The van der Waals surface area contributed by atoms with Gasteiger partial charge in [-0.3, -0.25) is 9.36 Å². The summed E-state index contributed by atoms with van der Waals surface area (Å²) in [6, 6.07) is 14.8. The molecule has 0 bridgehead atoms. The third kappa shape index (κ3) is 5.00. The maximum atomic E-state index is 13.9. The lowest BCUT2D eigenvalue weighted by Gasteiger charge is -2.10. The van der Waals surface area contributed by atoms with Gasteiger partial charge in [-0.25, -0.2) is 8.78 Å². The first-order valence-corrected chi connectivity index (χ1v) is 10.4. The molecule has 0 unspecified atom stereocenters. The van der Waals surface area contributed by atoms with Crippen LogP contribution < -0.4 is 10.6 Å². The largest absolute Gasteiger partial charge is 0.329 e. The molecule has 0 aliphatic rings. The molecule has 6 nitrogen and oxygen atoms in total. The Morgan fingerprint density at radius 3 is 2.56 bits per heavy atom. The van der Waals surface area contributed by atoms with Crippen LogP contribution in [0.5, 0.6) is 0 Å². The first kappa shape index (κ1) is 21.6. The van der Waals surface area contributed by atoms with Gasteiger partial charge in [-0.05, 0) is 49.8 Å². The molecule has 2 N–H and O–H groups in total. The maximum Gasteiger partial charge on any atom is 0.176 e. The van der Waals surface area contributed by atoms with Gasteiger partial charge in [0.1, 0.15) is 11.6 Å². The Balaban J connectivity index is 1.41. The first-order valence-electron chi connectivity index (χ1n) is 10.0. The molecule has 0 atom stereocenters. The fourth-order valence-electron chi connectivity index (χ4n) is 3.42. The van der Waals surface area contributed by atoms with Crippen LogP contribution in [0.2, 0.25) is 0 Å². The van der Waals surface area contributed by atoms with Gasteiger partial charge in [0.15, 0.2) is 10.9 Å². The predicted molar refractivity (Wildman–Crippen MR) is 125 cm³/mol. The van der Waals surface area contributed by atoms with Crippen molar-refractivity contribution in [1.29, 1.82) is 0 Å². The number of halogens is 2. The molecule has 2 heterocycles. The van der Waals surface area contributed by atoms with Crippen LogP contribution in [0.1, 0.15) is 22.5 Å². The van der Waals surface area contributed by atoms with Crippen LogP contribution in [0.4, 0.5) is 20.3 Å². The van der Waals surface area contributed by atoms with Crippen molar-refractivity contribution in [2.75, 3.05) is 10.6 Å². The quantitative estimate of drug-likeness (QED) is 0.409. The highest BCUT2D eigenvalue weighted by Crippen LogP contribution is 2.21. The molecule has 9 heteroatoms. The summed E-state index contributed by atoms with van der Waals surface area (Å²) in [4.78, 5) is 0. The zero-order chi connectivity index (χ0) is 22.7. The van der Waals surface area contributed by atoms with Crippen molar-refractivity contribution >= 4 is 28.8 Å². The highest BCUT2D eigenvalue weighted by atomic mass is 32.1. The first-order chi connectivity index (χ1) is 15.4. The van der Waals surface area contributed by atoms with E-state index in [1.807, 2.05) is 19.9 Å². The molecule has 0 spiro atoms. The number of nitrogens with one attached hydrogen (secondary N) is 2. The molecule has 0 amide bonds. The topological polar surface area (TPSA) is 59.7 Å². The Hall–Kier alpha value is -3.59. The second-order valence-corrected chi connectivity index (χ2v) is 7.81. The van der Waals surface area contributed by atoms with Crippen LogP contribution in [-0.4, -0.2) is 24.7 Å². The van der Waals surface area contributed by atoms with Gasteiger partial charge in [-0.2, -0.15) is 10.2 Å². The highest BCUT2D eigenvalue weighted by Gasteiger charge is 2.14. The summed E-state index contributed by atoms with van der Waals surface area (Å²) >= 11 is 5.44. The molecular weight excluding hydrogens is 430 g/mol. The summed E-state index contributed by atoms with van der Waals surface area (Å²) in [5.41, 5.74) is 3.81. The fraction of sp³-hybridized carbons (Fsp3) is 0.174. The molecule has 0 radical (unpaired) electrons. The lowest BCUT2D eigenvalue weighted by molar-refractivity contribution is 0.586. The van der Waals surface area contributed by atoms with Gasteiger partial charge >= 0.3 is 0 Å². The summed E-state index contributed by atoms with van der Waals surface area (Å²) in [7, 11) is 0. The van der Waals surface area contributed by atoms with Crippen LogP contribution in [0, 0.1) is 25.5 Å². The summed E-state index contributed by atoms with van der Waals surface area (Å²) < 4.78 is 30.8. The van der Waals surface area contributed by atoms with Gasteiger partial charge in [0.2, 0.25) is 0 Å². The molecule has 0 saturated heterocycles. The van der Waals surface area contributed by atoms with Crippen molar-refractivity contribution in [3.05, 3.63) is 94.9 Å². The smallest absolute Gasteiger partial charge is 0.176 e. The van der Waals surface area contributed by atoms with E-state index in [9.17, 15) is 8.78 Å². The van der Waals surface area contributed by atoms with Gasteiger partial charge in [-0.15, -0.1) is 0 Å². The van der Waals surface area contributed by atoms with E-state index in [1.165, 1.54) is 18.2 Å². The van der Waals surface area contributed by atoms with E-state index in [4.69, 9.17) is 12.2 Å². The SMILES string of the molecule is Cc1nn(Cc2cccc(F)c2)c(C)c1NC(=S)Nc1ccn(Cc2ccccc2F)n1. The van der Waals surface area contributed by atoms with Gasteiger partial charge in [0.05, 0.1) is 30.2 Å². The number of benzene rings is 2. The van der Waals surface area contributed by atoms with E-state index >= 15 is 0 Å². The summed E-state index contributed by atoms with van der Waals surface area (Å²) in [6.45, 7) is 4.57. The molecule has 0 aliphatic heterocycles. The summed E-state index contributed by atoms with van der Waals surface area (Å²) in [5, 5.41) is 15.5. The minimum Gasteiger partial charge on any atom is -0.329 e. The summed E-state index contributed by atoms with van der Waals surface area (Å²) in [6.07, 6.45) is 1.75. The van der Waals surface area contributed by atoms with Crippen LogP contribution in [0.25, 0.3) is 0 Å². The van der Waals surface area contributed by atoms with E-state index in [1.54, 1.807) is 45.9 Å². The third-order valence-electron chi connectivity index (χ3n) is 5.01. The standard InChI is InChI=1S/C23H22F2N6S/c1-15-22(16(2)31(28-15)13-17-6-5-8-19(24)12-17)27-23(32)26-21-10-11-30(29-21)14-18-7-3-4-9-20(18)25/h3-12H,13-14H2,1-2H3,(H2,26,27,29,32). The minimum absolute atomic E-state index is 0.268. The van der Waals surface area contributed by atoms with E-state index < -0.39 is 0 Å². The van der Waals surface area contributed by atoms with Crippen molar-refractivity contribution in [3.63, 3.8) is 0 Å². The van der Waals surface area contributed by atoms with Crippen LogP contribution in [0.3, 0.4) is 0 Å². The number of anilines is 2. The average molecular weight is 453 g/mol. The third-order valence-corrected chi connectivity index (χ3v) is 5.22. The molecule has 0 aliphatic carbocycles. The molecule has 164 valence electrons. The van der Waals surface area contributed by atoms with Gasteiger partial charge < -0.3 is 10.6 Å². The molecule has 0 fully saturated rings. The zero-order valence-electron chi connectivity index (χ0n) is 17.6. The number of nitrogens with zero attached hydrogens (tertiary/aromatic N) is 4. The predicted octanol–water partition coefficient (Wildman–Crippen LogP) is 4.88. The Kier molecular flexibility index (Phi) is 6.27. The molecule has 32 heavy (non-hydrogen) atoms. The molecular formula is C23H22F2N6S. The normalized spacial score (nSPS) is 10.9. The average Bonchev–Trinajstić information content (AvgIpc) is 3.29. The van der Waals surface area contributed by atoms with E-state index in [-0.39, 0.29) is 11.6 Å². The molecule has 4 rings (SSSR count). The van der Waals surface area contributed by atoms with Crippen molar-refractivity contribution in [2.24, 2.45) is 0 Å². The number of aromatic nitrogens is 4.